The Balaban J connectivity index is 1.98. The fourth-order valence-corrected chi connectivity index (χ4v) is 2.87. The number of likely N-dealkylation sites (tertiary alicyclic amines) is 1. The molecule has 0 spiro atoms. The lowest BCUT2D eigenvalue weighted by molar-refractivity contribution is -0.900. The number of benzene rings is 1. The van der Waals surface area contributed by atoms with Crippen molar-refractivity contribution in [1.29, 1.82) is 5.26 Å². The molecule has 0 aliphatic carbocycles. The fraction of sp³-hybridized carbons (Fsp3) is 0.467. The zero-order valence-corrected chi connectivity index (χ0v) is 12.3. The zero-order valence-electron chi connectivity index (χ0n) is 11.6. The molecule has 2 rings (SSSR count). The molecule has 1 aromatic rings. The minimum Gasteiger partial charge on any atom is -0.327 e. The molecule has 1 heterocycles. The van der Waals surface area contributed by atoms with Crippen LogP contribution in [0.1, 0.15) is 25.3 Å². The van der Waals surface area contributed by atoms with Crippen molar-refractivity contribution in [3.8, 4) is 6.07 Å². The van der Waals surface area contributed by atoms with Crippen molar-refractivity contribution in [3.63, 3.8) is 0 Å². The third kappa shape index (κ3) is 3.96. The van der Waals surface area contributed by atoms with Crippen LogP contribution < -0.4 is 10.2 Å². The molecule has 1 saturated heterocycles. The average molecular weight is 293 g/mol. The summed E-state index contributed by atoms with van der Waals surface area (Å²) >= 11 is 5.90. The van der Waals surface area contributed by atoms with Crippen LogP contribution in [0.15, 0.2) is 18.2 Å². The summed E-state index contributed by atoms with van der Waals surface area (Å²) in [5.74, 6) is 0.611. The van der Waals surface area contributed by atoms with E-state index >= 15 is 0 Å². The van der Waals surface area contributed by atoms with Crippen molar-refractivity contribution in [3.05, 3.63) is 28.8 Å². The van der Waals surface area contributed by atoms with Crippen molar-refractivity contribution < 1.29 is 9.69 Å². The largest absolute Gasteiger partial charge is 0.327 e. The van der Waals surface area contributed by atoms with Gasteiger partial charge < -0.3 is 10.2 Å². The van der Waals surface area contributed by atoms with Crippen LogP contribution in [0.5, 0.6) is 0 Å². The van der Waals surface area contributed by atoms with Crippen LogP contribution in [0.3, 0.4) is 0 Å². The fourth-order valence-electron chi connectivity index (χ4n) is 2.70. The molecular weight excluding hydrogens is 274 g/mol. The number of carbonyl (C=O) groups excluding carboxylic acids is 1. The topological polar surface area (TPSA) is 57.3 Å². The Bertz CT molecular complexity index is 538. The highest BCUT2D eigenvalue weighted by atomic mass is 35.5. The second-order valence-corrected chi connectivity index (χ2v) is 5.91. The summed E-state index contributed by atoms with van der Waals surface area (Å²) in [6, 6.07) is 6.94. The molecule has 1 fully saturated rings. The Hall–Kier alpha value is -1.57. The Morgan fingerprint density at radius 3 is 3.10 bits per heavy atom. The molecule has 1 aliphatic rings. The second kappa shape index (κ2) is 6.74. The van der Waals surface area contributed by atoms with Gasteiger partial charge in [-0.05, 0) is 31.0 Å². The summed E-state index contributed by atoms with van der Waals surface area (Å²) in [6.07, 6.45) is 2.42. The van der Waals surface area contributed by atoms with Gasteiger partial charge in [-0.2, -0.15) is 5.26 Å². The number of amides is 1. The van der Waals surface area contributed by atoms with Gasteiger partial charge in [0.05, 0.1) is 24.3 Å². The molecule has 1 aromatic carbocycles. The maximum Gasteiger partial charge on any atom is 0.279 e. The average Bonchev–Trinajstić information content (AvgIpc) is 2.38. The summed E-state index contributed by atoms with van der Waals surface area (Å²) in [7, 11) is 0. The number of rotatable bonds is 3. The molecule has 0 radical (unpaired) electrons. The molecule has 5 heteroatoms. The highest BCUT2D eigenvalue weighted by molar-refractivity contribution is 6.31. The summed E-state index contributed by atoms with van der Waals surface area (Å²) in [5.41, 5.74) is 0.930. The van der Waals surface area contributed by atoms with Crippen molar-refractivity contribution in [2.24, 2.45) is 5.92 Å². The number of anilines is 1. The van der Waals surface area contributed by atoms with E-state index in [9.17, 15) is 4.79 Å². The SMILES string of the molecule is C[C@@H]1CCC[NH+](CC(=O)Nc2cc(Cl)ccc2C#N)C1. The van der Waals surface area contributed by atoms with E-state index in [0.29, 0.717) is 28.7 Å². The van der Waals surface area contributed by atoms with Crippen molar-refractivity contribution in [2.45, 2.75) is 19.8 Å². The van der Waals surface area contributed by atoms with Gasteiger partial charge in [-0.25, -0.2) is 0 Å². The van der Waals surface area contributed by atoms with E-state index in [2.05, 4.69) is 18.3 Å². The van der Waals surface area contributed by atoms with E-state index in [1.165, 1.54) is 17.7 Å². The van der Waals surface area contributed by atoms with E-state index < -0.39 is 0 Å². The van der Waals surface area contributed by atoms with Crippen LogP contribution in [0, 0.1) is 17.2 Å². The zero-order chi connectivity index (χ0) is 14.5. The van der Waals surface area contributed by atoms with Gasteiger partial charge in [0.15, 0.2) is 6.54 Å². The maximum atomic E-state index is 12.1. The second-order valence-electron chi connectivity index (χ2n) is 5.48. The van der Waals surface area contributed by atoms with E-state index in [1.807, 2.05) is 0 Å². The van der Waals surface area contributed by atoms with E-state index in [4.69, 9.17) is 16.9 Å². The molecule has 0 aromatic heterocycles. The highest BCUT2D eigenvalue weighted by Crippen LogP contribution is 2.20. The number of nitriles is 1. The molecule has 1 unspecified atom stereocenters. The van der Waals surface area contributed by atoms with E-state index in [0.717, 1.165) is 13.1 Å². The Labute approximate surface area is 124 Å². The number of piperidine rings is 1. The monoisotopic (exact) mass is 292 g/mol. The lowest BCUT2D eigenvalue weighted by Crippen LogP contribution is -3.14. The van der Waals surface area contributed by atoms with Gasteiger partial charge in [-0.1, -0.05) is 18.5 Å². The van der Waals surface area contributed by atoms with Crippen LogP contribution in [0.4, 0.5) is 5.69 Å². The number of carbonyl (C=O) groups is 1. The smallest absolute Gasteiger partial charge is 0.279 e. The van der Waals surface area contributed by atoms with E-state index in [-0.39, 0.29) is 5.91 Å². The minimum atomic E-state index is -0.0622. The first kappa shape index (κ1) is 14.8. The molecule has 0 saturated carbocycles. The van der Waals surface area contributed by atoms with Gasteiger partial charge in [0.2, 0.25) is 0 Å². The van der Waals surface area contributed by atoms with Crippen molar-refractivity contribution in [1.82, 2.24) is 0 Å². The van der Waals surface area contributed by atoms with Gasteiger partial charge in [0.25, 0.3) is 5.91 Å². The minimum absolute atomic E-state index is 0.0622. The first-order chi connectivity index (χ1) is 9.58. The first-order valence-corrected chi connectivity index (χ1v) is 7.29. The molecule has 0 bridgehead atoms. The number of nitrogens with one attached hydrogen (secondary N) is 2. The lowest BCUT2D eigenvalue weighted by atomic mass is 10.0. The molecule has 2 N–H and O–H groups in total. The third-order valence-corrected chi connectivity index (χ3v) is 3.89. The number of hydrogen-bond acceptors (Lipinski definition) is 2. The van der Waals surface area contributed by atoms with Gasteiger partial charge in [0.1, 0.15) is 6.07 Å². The van der Waals surface area contributed by atoms with Gasteiger partial charge >= 0.3 is 0 Å². The van der Waals surface area contributed by atoms with Gasteiger partial charge in [-0.15, -0.1) is 0 Å². The molecule has 4 nitrogen and oxygen atoms in total. The molecule has 2 atom stereocenters. The summed E-state index contributed by atoms with van der Waals surface area (Å²) in [5, 5.41) is 12.3. The van der Waals surface area contributed by atoms with Crippen LogP contribution in [0.2, 0.25) is 5.02 Å². The van der Waals surface area contributed by atoms with Crippen LogP contribution in [-0.4, -0.2) is 25.5 Å². The van der Waals surface area contributed by atoms with Crippen LogP contribution in [0.25, 0.3) is 0 Å². The van der Waals surface area contributed by atoms with Gasteiger partial charge in [-0.3, -0.25) is 4.79 Å². The van der Waals surface area contributed by atoms with Gasteiger partial charge in [0, 0.05) is 10.9 Å². The molecule has 1 aliphatic heterocycles. The van der Waals surface area contributed by atoms with Crippen molar-refractivity contribution in [2.75, 3.05) is 25.0 Å². The molecule has 106 valence electrons. The third-order valence-electron chi connectivity index (χ3n) is 3.65. The first-order valence-electron chi connectivity index (χ1n) is 6.91. The maximum absolute atomic E-state index is 12.1. The highest BCUT2D eigenvalue weighted by Gasteiger charge is 2.22. The number of hydrogen-bond donors (Lipinski definition) is 2. The summed E-state index contributed by atoms with van der Waals surface area (Å²) in [6.45, 7) is 4.75. The standard InChI is InChI=1S/C15H18ClN3O/c1-11-3-2-6-19(9-11)10-15(20)18-14-7-13(16)5-4-12(14)8-17/h4-5,7,11H,2-3,6,9-10H2,1H3,(H,18,20)/p+1/t11-/m1/s1. The van der Waals surface area contributed by atoms with E-state index in [1.54, 1.807) is 18.2 Å². The normalized spacial score (nSPS) is 22.1. The Morgan fingerprint density at radius 2 is 2.40 bits per heavy atom. The predicted molar refractivity (Wildman–Crippen MR) is 78.8 cm³/mol. The number of halogens is 1. The molecule has 1 amide bonds. The molecule has 20 heavy (non-hydrogen) atoms. The number of nitrogens with zero attached hydrogens (tertiary/aromatic N) is 1. The lowest BCUT2D eigenvalue weighted by Gasteiger charge is -2.27. The van der Waals surface area contributed by atoms with Crippen molar-refractivity contribution >= 4 is 23.2 Å². The predicted octanol–water partition coefficient (Wildman–Crippen LogP) is 1.46. The molecular formula is C15H19ClN3O+. The van der Waals surface area contributed by atoms with Crippen LogP contribution in [-0.2, 0) is 4.79 Å². The van der Waals surface area contributed by atoms with Crippen LogP contribution >= 0.6 is 11.6 Å². The Morgan fingerprint density at radius 1 is 1.60 bits per heavy atom. The number of quaternary nitrogens is 1. The summed E-state index contributed by atoms with van der Waals surface area (Å²) in [4.78, 5) is 13.4. The summed E-state index contributed by atoms with van der Waals surface area (Å²) < 4.78 is 0. The Kier molecular flexibility index (Phi) is 4.99. The quantitative estimate of drug-likeness (QED) is 0.886.